The minimum absolute atomic E-state index is 0. The summed E-state index contributed by atoms with van der Waals surface area (Å²) in [4.78, 5) is 7.21. The van der Waals surface area contributed by atoms with Gasteiger partial charge in [-0.25, -0.2) is 18.2 Å². The molecule has 39 heavy (non-hydrogen) atoms. The van der Waals surface area contributed by atoms with Crippen LogP contribution < -0.4 is 5.19 Å². The van der Waals surface area contributed by atoms with Crippen LogP contribution in [-0.2, 0) is 27.6 Å². The summed E-state index contributed by atoms with van der Waals surface area (Å²) < 4.78 is 0. The number of nitrogens with one attached hydrogen (secondary N) is 2. The summed E-state index contributed by atoms with van der Waals surface area (Å²) in [5.74, 6) is 3.58. The van der Waals surface area contributed by atoms with Crippen LogP contribution >= 0.6 is 18.5 Å². The van der Waals surface area contributed by atoms with Gasteiger partial charge in [0, 0.05) is 23.8 Å². The number of H-pyrrole nitrogens is 2. The van der Waals surface area contributed by atoms with Crippen molar-refractivity contribution in [1.82, 2.24) is 9.97 Å². The van der Waals surface area contributed by atoms with Crippen LogP contribution in [0.4, 0.5) is 0 Å². The van der Waals surface area contributed by atoms with Gasteiger partial charge in [-0.2, -0.15) is 35.0 Å². The van der Waals surface area contributed by atoms with Crippen molar-refractivity contribution in [2.24, 2.45) is 23.7 Å². The molecule has 8 rings (SSSR count). The zero-order chi connectivity index (χ0) is 26.5. The number of aromatic amines is 2. The Balaban J connectivity index is 0.000000464. The average Bonchev–Trinajstić information content (AvgIpc) is 3.72. The van der Waals surface area contributed by atoms with E-state index in [1.165, 1.54) is 55.2 Å². The normalized spacial score (nSPS) is 27.6. The minimum Gasteiger partial charge on any atom is -0.364 e. The zero-order valence-electron chi connectivity index (χ0n) is 23.6. The van der Waals surface area contributed by atoms with E-state index in [1.807, 2.05) is 30.3 Å². The van der Waals surface area contributed by atoms with Crippen LogP contribution in [0.5, 0.6) is 0 Å². The van der Waals surface area contributed by atoms with Gasteiger partial charge in [-0.05, 0) is 73.4 Å². The molecule has 2 nitrogen and oxygen atoms in total. The molecule has 0 spiro atoms. The molecule has 4 aliphatic rings. The van der Waals surface area contributed by atoms with Crippen LogP contribution in [0.3, 0.4) is 0 Å². The monoisotopic (exact) mass is 614 g/mol. The summed E-state index contributed by atoms with van der Waals surface area (Å²) in [5.41, 5.74) is 6.07. The van der Waals surface area contributed by atoms with Crippen molar-refractivity contribution >= 4 is 31.7 Å². The first kappa shape index (κ1) is 29.4. The van der Waals surface area contributed by atoms with E-state index in [0.29, 0.717) is 5.41 Å². The van der Waals surface area contributed by atoms with E-state index in [1.54, 1.807) is 10.8 Å². The first-order valence-electron chi connectivity index (χ1n) is 14.5. The Morgan fingerprint density at radius 3 is 1.97 bits per heavy atom. The van der Waals surface area contributed by atoms with Crippen LogP contribution in [0.2, 0.25) is 19.6 Å². The van der Waals surface area contributed by atoms with Crippen molar-refractivity contribution in [3.8, 4) is 0 Å². The summed E-state index contributed by atoms with van der Waals surface area (Å²) in [6.07, 6.45) is 12.6. The molecular formula is C33H44FeN2P2Si. The van der Waals surface area contributed by atoms with E-state index in [0.717, 1.165) is 23.7 Å². The van der Waals surface area contributed by atoms with Crippen LogP contribution in [0, 0.1) is 23.7 Å². The second kappa shape index (κ2) is 11.3. The summed E-state index contributed by atoms with van der Waals surface area (Å²) in [5, 5.41) is 1.34. The second-order valence-corrected chi connectivity index (χ2v) is 19.8. The van der Waals surface area contributed by atoms with Crippen molar-refractivity contribution in [2.75, 3.05) is 6.16 Å². The molecule has 0 aliphatic heterocycles. The molecule has 4 saturated carbocycles. The molecule has 5 unspecified atom stereocenters. The van der Waals surface area contributed by atoms with Crippen LogP contribution in [0.1, 0.15) is 54.6 Å². The van der Waals surface area contributed by atoms with Gasteiger partial charge in [0.1, 0.15) is 0 Å². The molecule has 2 aromatic heterocycles. The van der Waals surface area contributed by atoms with Gasteiger partial charge in [-0.15, -0.1) is 24.0 Å². The van der Waals surface area contributed by atoms with Crippen molar-refractivity contribution in [3.63, 3.8) is 0 Å². The standard InChI is InChI=1S/C28H39N2P2Si.C5H5.Fe/c1-33(2,3)21-13-22(27-15-18-10-19(16-27)12-20(11-18)24(27)17-31)23(14-21)28(32,25-6-4-8-29-25)26-7-5-9-30-26;1-2-4-5-3-1;/h4-9,13-14,18-20,24,29-30H,10-12,15-17,31-32H2,1-3H3;1-5H;/q2*-1;+2. The quantitative estimate of drug-likeness (QED) is 0.127. The van der Waals surface area contributed by atoms with E-state index in [4.69, 9.17) is 0 Å². The third-order valence-electron chi connectivity index (χ3n) is 10.1. The average molecular weight is 615 g/mol. The fourth-order valence-electron chi connectivity index (χ4n) is 8.57. The van der Waals surface area contributed by atoms with Crippen LogP contribution in [-0.4, -0.2) is 24.2 Å². The molecule has 4 aromatic rings. The molecule has 0 amide bonds. The predicted molar refractivity (Wildman–Crippen MR) is 172 cm³/mol. The molecule has 0 saturated heterocycles. The fourth-order valence-corrected chi connectivity index (χ4v) is 11.2. The molecule has 208 valence electrons. The smallest absolute Gasteiger partial charge is 0.364 e. The second-order valence-electron chi connectivity index (χ2n) is 13.4. The maximum Gasteiger partial charge on any atom is 2.00 e. The van der Waals surface area contributed by atoms with Crippen molar-refractivity contribution in [1.29, 1.82) is 0 Å². The SMILES string of the molecule is C[Si](C)(C)c1cc(C23CC4CC(CC(C4)C2CP)C3)c(C(P)(c2ccc[nH]2)c2ccc[nH]2)[cH-]1.[Fe+2].c1cc[cH-]c1. The van der Waals surface area contributed by atoms with Gasteiger partial charge in [0.15, 0.2) is 0 Å². The fraction of sp³-hybridized carbons (Fsp3) is 0.455. The maximum absolute atomic E-state index is 3.61. The Kier molecular flexibility index (Phi) is 8.48. The molecule has 6 heteroatoms. The Morgan fingerprint density at radius 2 is 1.54 bits per heavy atom. The molecule has 4 aliphatic carbocycles. The van der Waals surface area contributed by atoms with Crippen molar-refractivity contribution < 1.29 is 17.1 Å². The van der Waals surface area contributed by atoms with Gasteiger partial charge in [-0.3, -0.25) is 0 Å². The summed E-state index contributed by atoms with van der Waals surface area (Å²) in [6, 6.07) is 24.2. The minimum atomic E-state index is -1.47. The van der Waals surface area contributed by atoms with E-state index in [9.17, 15) is 0 Å². The Bertz CT molecular complexity index is 1250. The number of hydrogen-bond acceptors (Lipinski definition) is 0. The molecule has 5 atom stereocenters. The van der Waals surface area contributed by atoms with Crippen LogP contribution in [0.25, 0.3) is 0 Å². The first-order chi connectivity index (χ1) is 18.3. The van der Waals surface area contributed by atoms with Gasteiger partial charge < -0.3 is 9.97 Å². The topological polar surface area (TPSA) is 31.6 Å². The summed E-state index contributed by atoms with van der Waals surface area (Å²) in [6.45, 7) is 7.53. The number of hydrogen-bond donors (Lipinski definition) is 2. The van der Waals surface area contributed by atoms with E-state index in [2.05, 4.69) is 96.9 Å². The van der Waals surface area contributed by atoms with E-state index < -0.39 is 8.07 Å². The number of rotatable bonds is 6. The molecule has 4 fully saturated rings. The Hall–Kier alpha value is -1.14. The predicted octanol–water partition coefficient (Wildman–Crippen LogP) is 7.75. The summed E-state index contributed by atoms with van der Waals surface area (Å²) in [7, 11) is 4.99. The van der Waals surface area contributed by atoms with Crippen molar-refractivity contribution in [2.45, 2.75) is 62.3 Å². The molecule has 4 bridgehead atoms. The van der Waals surface area contributed by atoms with Gasteiger partial charge in [0.25, 0.3) is 0 Å². The zero-order valence-corrected chi connectivity index (χ0v) is 28.0. The molecule has 2 N–H and O–H groups in total. The third kappa shape index (κ3) is 5.08. The number of aromatic nitrogens is 2. The van der Waals surface area contributed by atoms with Crippen molar-refractivity contribution in [3.05, 3.63) is 102 Å². The van der Waals surface area contributed by atoms with E-state index >= 15 is 0 Å². The Labute approximate surface area is 251 Å². The van der Waals surface area contributed by atoms with E-state index in [-0.39, 0.29) is 22.2 Å². The maximum atomic E-state index is 3.61. The largest absolute Gasteiger partial charge is 2.00 e. The third-order valence-corrected chi connectivity index (χ3v) is 13.6. The molecule has 2 aromatic carbocycles. The Morgan fingerprint density at radius 1 is 0.949 bits per heavy atom. The van der Waals surface area contributed by atoms with Gasteiger partial charge in [-0.1, -0.05) is 37.9 Å². The first-order valence-corrected chi connectivity index (χ1v) is 19.4. The van der Waals surface area contributed by atoms with Crippen LogP contribution in [0.15, 0.2) is 79.1 Å². The molecule has 2 heterocycles. The van der Waals surface area contributed by atoms with Gasteiger partial charge in [0.05, 0.1) is 13.2 Å². The molecule has 0 radical (unpaired) electrons. The van der Waals surface area contributed by atoms with Gasteiger partial charge in [0.2, 0.25) is 0 Å². The molecular weight excluding hydrogens is 570 g/mol. The summed E-state index contributed by atoms with van der Waals surface area (Å²) >= 11 is 0. The van der Waals surface area contributed by atoms with Gasteiger partial charge >= 0.3 is 17.1 Å².